The molecule has 0 N–H and O–H groups in total. The van der Waals surface area contributed by atoms with E-state index in [4.69, 9.17) is 4.74 Å². The Hall–Kier alpha value is -3.37. The van der Waals surface area contributed by atoms with E-state index in [1.54, 1.807) is 24.1 Å². The maximum absolute atomic E-state index is 13.0. The molecule has 3 fully saturated rings. The molecule has 2 aromatic heterocycles. The van der Waals surface area contributed by atoms with Crippen LogP contribution < -0.4 is 4.90 Å². The zero-order valence-corrected chi connectivity index (χ0v) is 27.0. The average Bonchev–Trinajstić information content (AvgIpc) is 3.38. The molecule has 46 heavy (non-hydrogen) atoms. The van der Waals surface area contributed by atoms with Crippen LogP contribution in [0.1, 0.15) is 35.2 Å². The quantitative estimate of drug-likeness (QED) is 0.228. The van der Waals surface area contributed by atoms with Crippen molar-refractivity contribution in [3.8, 4) is 6.07 Å². The standard InChI is InChI=1S/C34H38F3N7OS/c1-23-25(4-6-31-28(23)14-26(16-38)44(31)19-27-18-43(46-2)11-12-45-27)17-41-9-7-33(8-10-41)20-42(21-33)32-29-13-24(15-34(35,36)37)3-5-30(29)39-22-40-32/h3-6,13-14,22,27H,7-12,15,17-21H2,1-2H3. The molecule has 2 aromatic carbocycles. The summed E-state index contributed by atoms with van der Waals surface area (Å²) >= 11 is 1.74. The van der Waals surface area contributed by atoms with Gasteiger partial charge < -0.3 is 14.2 Å². The number of piperidine rings is 1. The van der Waals surface area contributed by atoms with Gasteiger partial charge in [0.25, 0.3) is 0 Å². The van der Waals surface area contributed by atoms with Crippen molar-refractivity contribution in [3.63, 3.8) is 0 Å². The molecule has 0 bridgehead atoms. The Labute approximate surface area is 271 Å². The van der Waals surface area contributed by atoms with Crippen molar-refractivity contribution in [2.75, 3.05) is 57.0 Å². The first-order valence-electron chi connectivity index (χ1n) is 15.8. The summed E-state index contributed by atoms with van der Waals surface area (Å²) in [5.41, 5.74) is 5.35. The smallest absolute Gasteiger partial charge is 0.374 e. The molecular formula is C34H38F3N7OS. The average molecular weight is 650 g/mol. The molecule has 4 aromatic rings. The Balaban J connectivity index is 1.000. The third-order valence-electron chi connectivity index (χ3n) is 10.1. The van der Waals surface area contributed by atoms with Crippen LogP contribution in [0.25, 0.3) is 21.8 Å². The highest BCUT2D eigenvalue weighted by molar-refractivity contribution is 7.96. The van der Waals surface area contributed by atoms with Crippen molar-refractivity contribution in [2.24, 2.45) is 5.41 Å². The molecule has 0 radical (unpaired) electrons. The van der Waals surface area contributed by atoms with Gasteiger partial charge in [-0.25, -0.2) is 14.3 Å². The predicted molar refractivity (Wildman–Crippen MR) is 175 cm³/mol. The topological polar surface area (TPSA) is 73.5 Å². The number of fused-ring (bicyclic) bond motifs is 2. The van der Waals surface area contributed by atoms with Gasteiger partial charge in [0, 0.05) is 54.4 Å². The van der Waals surface area contributed by atoms with Gasteiger partial charge in [0.05, 0.1) is 31.2 Å². The van der Waals surface area contributed by atoms with E-state index < -0.39 is 12.6 Å². The monoisotopic (exact) mass is 649 g/mol. The van der Waals surface area contributed by atoms with Crippen LogP contribution >= 0.6 is 11.9 Å². The van der Waals surface area contributed by atoms with E-state index in [-0.39, 0.29) is 17.1 Å². The molecule has 5 heterocycles. The van der Waals surface area contributed by atoms with Gasteiger partial charge in [-0.3, -0.25) is 4.90 Å². The number of morpholine rings is 1. The second-order valence-corrected chi connectivity index (χ2v) is 14.0. The summed E-state index contributed by atoms with van der Waals surface area (Å²) in [6.45, 7) is 9.83. The summed E-state index contributed by atoms with van der Waals surface area (Å²) in [5, 5.41) is 11.8. The number of nitriles is 1. The third kappa shape index (κ3) is 6.18. The second-order valence-electron chi connectivity index (χ2n) is 13.1. The lowest BCUT2D eigenvalue weighted by Crippen LogP contribution is -2.60. The molecule has 3 saturated heterocycles. The van der Waals surface area contributed by atoms with Gasteiger partial charge in [0.15, 0.2) is 0 Å². The van der Waals surface area contributed by atoms with E-state index in [0.717, 1.165) is 75.4 Å². The molecule has 12 heteroatoms. The maximum atomic E-state index is 13.0. The minimum Gasteiger partial charge on any atom is -0.374 e. The van der Waals surface area contributed by atoms with Crippen molar-refractivity contribution >= 4 is 39.6 Å². The molecule has 0 aliphatic carbocycles. The fourth-order valence-corrected chi connectivity index (χ4v) is 8.07. The summed E-state index contributed by atoms with van der Waals surface area (Å²) < 4.78 is 49.6. The molecular weight excluding hydrogens is 611 g/mol. The summed E-state index contributed by atoms with van der Waals surface area (Å²) in [6.07, 6.45) is 0.560. The van der Waals surface area contributed by atoms with E-state index in [9.17, 15) is 18.4 Å². The van der Waals surface area contributed by atoms with Crippen LogP contribution in [0.4, 0.5) is 19.0 Å². The molecule has 1 spiro atoms. The van der Waals surface area contributed by atoms with Gasteiger partial charge in [-0.1, -0.05) is 24.1 Å². The number of nitrogens with zero attached hydrogens (tertiary/aromatic N) is 7. The van der Waals surface area contributed by atoms with Gasteiger partial charge in [-0.2, -0.15) is 18.4 Å². The number of aromatic nitrogens is 3. The van der Waals surface area contributed by atoms with Crippen molar-refractivity contribution < 1.29 is 17.9 Å². The van der Waals surface area contributed by atoms with Crippen molar-refractivity contribution in [1.82, 2.24) is 23.7 Å². The highest BCUT2D eigenvalue weighted by atomic mass is 32.2. The number of likely N-dealkylation sites (tertiary alicyclic amines) is 1. The minimum atomic E-state index is -4.26. The Bertz CT molecular complexity index is 1790. The van der Waals surface area contributed by atoms with E-state index in [1.807, 2.05) is 6.07 Å². The predicted octanol–water partition coefficient (Wildman–Crippen LogP) is 5.95. The Kier molecular flexibility index (Phi) is 8.38. The number of hydrogen-bond donors (Lipinski definition) is 0. The molecule has 1 unspecified atom stereocenters. The zero-order valence-electron chi connectivity index (χ0n) is 26.2. The van der Waals surface area contributed by atoms with E-state index >= 15 is 0 Å². The van der Waals surface area contributed by atoms with Gasteiger partial charge in [-0.05, 0) is 80.1 Å². The van der Waals surface area contributed by atoms with Gasteiger partial charge in [-0.15, -0.1) is 0 Å². The van der Waals surface area contributed by atoms with Crippen LogP contribution in [0.3, 0.4) is 0 Å². The number of hydrogen-bond acceptors (Lipinski definition) is 8. The molecule has 0 amide bonds. The summed E-state index contributed by atoms with van der Waals surface area (Å²) in [6, 6.07) is 13.6. The molecule has 0 saturated carbocycles. The summed E-state index contributed by atoms with van der Waals surface area (Å²) in [4.78, 5) is 13.5. The summed E-state index contributed by atoms with van der Waals surface area (Å²) in [7, 11) is 0. The van der Waals surface area contributed by atoms with Crippen molar-refractivity contribution in [3.05, 3.63) is 65.1 Å². The number of aryl methyl sites for hydroxylation is 1. The molecule has 3 aliphatic rings. The first kappa shape index (κ1) is 31.2. The van der Waals surface area contributed by atoms with Crippen LogP contribution in [-0.2, 0) is 24.2 Å². The second kappa shape index (κ2) is 12.3. The minimum absolute atomic E-state index is 0.0481. The van der Waals surface area contributed by atoms with Gasteiger partial charge in [0.1, 0.15) is 23.9 Å². The van der Waals surface area contributed by atoms with E-state index in [1.165, 1.54) is 23.5 Å². The lowest BCUT2D eigenvalue weighted by Gasteiger charge is -2.54. The molecule has 8 nitrogen and oxygen atoms in total. The van der Waals surface area contributed by atoms with Crippen LogP contribution in [0, 0.1) is 23.7 Å². The Morgan fingerprint density at radius 3 is 2.61 bits per heavy atom. The number of benzene rings is 2. The normalized spacial score (nSPS) is 20.8. The molecule has 242 valence electrons. The SMILES string of the molecule is CSN1CCOC(Cn2c(C#N)cc3c(C)c(CN4CCC5(CC4)CN(c4ncnc6ccc(CC(F)(F)F)cc46)C5)ccc32)C1. The van der Waals surface area contributed by atoms with Crippen LogP contribution in [-0.4, -0.2) is 88.2 Å². The molecule has 1 atom stereocenters. The Morgan fingerprint density at radius 2 is 1.87 bits per heavy atom. The lowest BCUT2D eigenvalue weighted by atomic mass is 9.72. The summed E-state index contributed by atoms with van der Waals surface area (Å²) in [5.74, 6) is 0.728. The van der Waals surface area contributed by atoms with Crippen LogP contribution in [0.5, 0.6) is 0 Å². The molecule has 7 rings (SSSR count). The number of rotatable bonds is 7. The first-order chi connectivity index (χ1) is 22.1. The fourth-order valence-electron chi connectivity index (χ4n) is 7.49. The van der Waals surface area contributed by atoms with E-state index in [0.29, 0.717) is 29.7 Å². The third-order valence-corrected chi connectivity index (χ3v) is 10.9. The molecule has 3 aliphatic heterocycles. The van der Waals surface area contributed by atoms with Crippen LogP contribution in [0.2, 0.25) is 0 Å². The lowest BCUT2D eigenvalue weighted by molar-refractivity contribution is -0.127. The van der Waals surface area contributed by atoms with Gasteiger partial charge >= 0.3 is 6.18 Å². The first-order valence-corrected chi connectivity index (χ1v) is 17.0. The number of ether oxygens (including phenoxy) is 1. The largest absolute Gasteiger partial charge is 0.393 e. The maximum Gasteiger partial charge on any atom is 0.393 e. The number of halogens is 3. The Morgan fingerprint density at radius 1 is 1.07 bits per heavy atom. The zero-order chi connectivity index (χ0) is 32.1. The van der Waals surface area contributed by atoms with Crippen molar-refractivity contribution in [1.29, 1.82) is 5.26 Å². The van der Waals surface area contributed by atoms with Gasteiger partial charge in [0.2, 0.25) is 0 Å². The van der Waals surface area contributed by atoms with Crippen LogP contribution in [0.15, 0.2) is 42.7 Å². The number of alkyl halides is 3. The number of anilines is 1. The highest BCUT2D eigenvalue weighted by Crippen LogP contribution is 2.44. The fraction of sp³-hybridized carbons (Fsp3) is 0.500. The van der Waals surface area contributed by atoms with Crippen molar-refractivity contribution in [2.45, 2.75) is 51.6 Å². The highest BCUT2D eigenvalue weighted by Gasteiger charge is 2.45. The van der Waals surface area contributed by atoms with E-state index in [2.05, 4.69) is 60.0 Å².